The lowest BCUT2D eigenvalue weighted by molar-refractivity contribution is 0.185. The molecule has 2 aromatic rings. The van der Waals surface area contributed by atoms with Crippen molar-refractivity contribution in [3.8, 4) is 5.75 Å². The van der Waals surface area contributed by atoms with Crippen LogP contribution in [0.4, 0.5) is 10.5 Å². The molecule has 1 heterocycles. The fraction of sp³-hybridized carbons (Fsp3) is 0. The van der Waals surface area contributed by atoms with Gasteiger partial charge in [0, 0.05) is 18.0 Å². The number of aromatic hydroxyl groups is 1. The molecule has 98 valence electrons. The van der Waals surface area contributed by atoms with Crippen molar-refractivity contribution in [1.29, 1.82) is 0 Å². The molecule has 7 heteroatoms. The summed E-state index contributed by atoms with van der Waals surface area (Å²) in [5, 5.41) is 21.1. The van der Waals surface area contributed by atoms with Crippen molar-refractivity contribution in [2.45, 2.75) is 0 Å². The van der Waals surface area contributed by atoms with Gasteiger partial charge in [0.2, 0.25) is 0 Å². The van der Waals surface area contributed by atoms with Crippen LogP contribution in [0.2, 0.25) is 5.15 Å². The van der Waals surface area contributed by atoms with Crippen LogP contribution in [0.1, 0.15) is 0 Å². The molecular weight excluding hydrogens is 270 g/mol. The average Bonchev–Trinajstić information content (AvgIpc) is 2.37. The van der Waals surface area contributed by atoms with Crippen molar-refractivity contribution in [2.75, 3.05) is 5.32 Å². The number of hydrogen-bond acceptors (Lipinski definition) is 3. The van der Waals surface area contributed by atoms with Crippen LogP contribution in [0.3, 0.4) is 0 Å². The molecule has 2 rings (SSSR count). The van der Waals surface area contributed by atoms with Crippen LogP contribution < -0.4 is 10.7 Å². The lowest BCUT2D eigenvalue weighted by Gasteiger charge is -2.01. The number of pyridine rings is 1. The molecule has 6 nitrogen and oxygen atoms in total. The van der Waals surface area contributed by atoms with E-state index in [1.807, 2.05) is 0 Å². The van der Waals surface area contributed by atoms with Crippen molar-refractivity contribution in [3.63, 3.8) is 0 Å². The highest BCUT2D eigenvalue weighted by Gasteiger charge is 2.00. The van der Waals surface area contributed by atoms with Crippen LogP contribution >= 0.6 is 11.6 Å². The van der Waals surface area contributed by atoms with Gasteiger partial charge in [0.15, 0.2) is 0 Å². The second-order valence-electron chi connectivity index (χ2n) is 3.64. The fourth-order valence-electron chi connectivity index (χ4n) is 1.34. The molecular formula is C12H10ClN3O3. The molecule has 0 aliphatic carbocycles. The molecule has 0 aliphatic rings. The largest absolute Gasteiger partial charge is 0.508 e. The lowest BCUT2D eigenvalue weighted by atomic mass is 10.3. The Morgan fingerprint density at radius 2 is 1.95 bits per heavy atom. The number of amides is 2. The summed E-state index contributed by atoms with van der Waals surface area (Å²) in [6.07, 6.45) is 1.27. The van der Waals surface area contributed by atoms with Crippen LogP contribution in [0.25, 0.3) is 0 Å². The number of urea groups is 1. The van der Waals surface area contributed by atoms with E-state index in [0.717, 1.165) is 0 Å². The molecule has 3 N–H and O–H groups in total. The van der Waals surface area contributed by atoms with Crippen molar-refractivity contribution in [1.82, 2.24) is 4.73 Å². The molecule has 1 aromatic heterocycles. The molecule has 0 saturated carbocycles. The molecule has 0 saturated heterocycles. The van der Waals surface area contributed by atoms with Crippen LogP contribution in [0.15, 0.2) is 47.6 Å². The summed E-state index contributed by atoms with van der Waals surface area (Å²) in [4.78, 5) is 15.4. The number of nitrogens with one attached hydrogen (secondary N) is 1. The zero-order valence-corrected chi connectivity index (χ0v) is 10.4. The first-order chi connectivity index (χ1) is 9.04. The van der Waals surface area contributed by atoms with Gasteiger partial charge in [-0.1, -0.05) is 11.6 Å². The minimum Gasteiger partial charge on any atom is -0.508 e. The maximum Gasteiger partial charge on any atom is 0.345 e. The molecule has 19 heavy (non-hydrogen) atoms. The van der Waals surface area contributed by atoms with Crippen LogP contribution in [-0.4, -0.2) is 21.1 Å². The van der Waals surface area contributed by atoms with Crippen LogP contribution in [0.5, 0.6) is 5.75 Å². The van der Waals surface area contributed by atoms with E-state index in [-0.39, 0.29) is 10.9 Å². The maximum absolute atomic E-state index is 11.6. The van der Waals surface area contributed by atoms with E-state index < -0.39 is 6.03 Å². The van der Waals surface area contributed by atoms with E-state index in [2.05, 4.69) is 10.3 Å². The third-order valence-electron chi connectivity index (χ3n) is 2.22. The van der Waals surface area contributed by atoms with Gasteiger partial charge in [0.05, 0.1) is 5.36 Å². The Kier molecular flexibility index (Phi) is 3.72. The van der Waals surface area contributed by atoms with Gasteiger partial charge >= 0.3 is 6.03 Å². The van der Waals surface area contributed by atoms with Gasteiger partial charge in [-0.05, 0) is 30.3 Å². The van der Waals surface area contributed by atoms with Gasteiger partial charge in [-0.2, -0.15) is 9.72 Å². The van der Waals surface area contributed by atoms with Gasteiger partial charge in [-0.25, -0.2) is 4.79 Å². The smallest absolute Gasteiger partial charge is 0.345 e. The van der Waals surface area contributed by atoms with Crippen LogP contribution in [0, 0.1) is 0 Å². The predicted molar refractivity (Wildman–Crippen MR) is 69.3 cm³/mol. The Morgan fingerprint density at radius 3 is 2.58 bits per heavy atom. The Labute approximate surface area is 113 Å². The van der Waals surface area contributed by atoms with Crippen molar-refractivity contribution >= 4 is 23.3 Å². The standard InChI is InChI=1S/C12H10ClN3O3/c13-11-7-9(5-6-16(11)19)15-12(18)14-8-1-3-10(17)4-2-8/h1-7,17,19H,(H,14,18)/b15-9-. The van der Waals surface area contributed by atoms with E-state index in [0.29, 0.717) is 15.8 Å². The summed E-state index contributed by atoms with van der Waals surface area (Å²) < 4.78 is 0.707. The summed E-state index contributed by atoms with van der Waals surface area (Å²) in [6, 6.07) is 8.18. The minimum atomic E-state index is -0.586. The summed E-state index contributed by atoms with van der Waals surface area (Å²) in [5.74, 6) is 0.109. The topological polar surface area (TPSA) is 86.9 Å². The second-order valence-corrected chi connectivity index (χ2v) is 4.03. The van der Waals surface area contributed by atoms with E-state index in [1.165, 1.54) is 30.5 Å². The Balaban J connectivity index is 2.16. The summed E-state index contributed by atoms with van der Waals surface area (Å²) in [6.45, 7) is 0. The molecule has 0 bridgehead atoms. The first-order valence-corrected chi connectivity index (χ1v) is 5.64. The quantitative estimate of drug-likeness (QED) is 0.425. The number of anilines is 1. The molecule has 0 unspecified atom stereocenters. The molecule has 0 radical (unpaired) electrons. The van der Waals surface area contributed by atoms with Gasteiger partial charge < -0.3 is 15.6 Å². The molecule has 0 atom stereocenters. The number of aromatic nitrogens is 1. The Bertz CT molecular complexity index is 665. The number of rotatable bonds is 1. The van der Waals surface area contributed by atoms with E-state index in [4.69, 9.17) is 21.9 Å². The van der Waals surface area contributed by atoms with Crippen LogP contribution in [-0.2, 0) is 0 Å². The highest BCUT2D eigenvalue weighted by Crippen LogP contribution is 2.13. The van der Waals surface area contributed by atoms with Crippen molar-refractivity contribution < 1.29 is 15.1 Å². The normalized spacial score (nSPS) is 11.3. The maximum atomic E-state index is 11.6. The van der Waals surface area contributed by atoms with Crippen molar-refractivity contribution in [3.05, 3.63) is 53.1 Å². The highest BCUT2D eigenvalue weighted by atomic mass is 35.5. The first-order valence-electron chi connectivity index (χ1n) is 5.27. The number of hydrogen-bond donors (Lipinski definition) is 3. The predicted octanol–water partition coefficient (Wildman–Crippen LogP) is 2.22. The Hall–Kier alpha value is -2.47. The zero-order chi connectivity index (χ0) is 13.8. The monoisotopic (exact) mass is 279 g/mol. The molecule has 0 fully saturated rings. The summed E-state index contributed by atoms with van der Waals surface area (Å²) in [5.41, 5.74) is 0.505. The summed E-state index contributed by atoms with van der Waals surface area (Å²) >= 11 is 5.67. The van der Waals surface area contributed by atoms with E-state index in [1.54, 1.807) is 12.1 Å². The number of halogens is 1. The van der Waals surface area contributed by atoms with Gasteiger partial charge in [0.1, 0.15) is 10.9 Å². The molecule has 1 aromatic carbocycles. The number of phenols is 1. The van der Waals surface area contributed by atoms with Crippen molar-refractivity contribution in [2.24, 2.45) is 4.99 Å². The number of phenolic OH excluding ortho intramolecular Hbond substituents is 1. The zero-order valence-electron chi connectivity index (χ0n) is 9.62. The number of nitrogens with zero attached hydrogens (tertiary/aromatic N) is 2. The molecule has 2 amide bonds. The number of carbonyl (C=O) groups excluding carboxylic acids is 1. The highest BCUT2D eigenvalue weighted by molar-refractivity contribution is 6.29. The number of carbonyl (C=O) groups is 1. The van der Waals surface area contributed by atoms with Gasteiger partial charge in [-0.15, -0.1) is 0 Å². The third kappa shape index (κ3) is 3.49. The number of benzene rings is 1. The average molecular weight is 280 g/mol. The van der Waals surface area contributed by atoms with Gasteiger partial charge in [0.25, 0.3) is 0 Å². The second kappa shape index (κ2) is 5.45. The molecule has 0 spiro atoms. The first kappa shape index (κ1) is 13.0. The fourth-order valence-corrected chi connectivity index (χ4v) is 1.51. The lowest BCUT2D eigenvalue weighted by Crippen LogP contribution is -2.13. The van der Waals surface area contributed by atoms with E-state index in [9.17, 15) is 4.79 Å². The minimum absolute atomic E-state index is 0.0404. The summed E-state index contributed by atoms with van der Waals surface area (Å²) in [7, 11) is 0. The van der Waals surface area contributed by atoms with Gasteiger partial charge in [-0.3, -0.25) is 0 Å². The third-order valence-corrected chi connectivity index (χ3v) is 2.50. The Morgan fingerprint density at radius 1 is 1.26 bits per heavy atom. The van der Waals surface area contributed by atoms with E-state index >= 15 is 0 Å². The molecule has 0 aliphatic heterocycles. The SMILES string of the molecule is O=C(/N=c1/ccn(O)c(Cl)c1)Nc1ccc(O)cc1.